The van der Waals surface area contributed by atoms with Gasteiger partial charge in [0.15, 0.2) is 5.76 Å². The Morgan fingerprint density at radius 3 is 2.53 bits per heavy atom. The van der Waals surface area contributed by atoms with Gasteiger partial charge in [0.1, 0.15) is 5.69 Å². The van der Waals surface area contributed by atoms with Crippen molar-refractivity contribution in [2.24, 2.45) is 0 Å². The molecule has 1 aromatic heterocycles. The lowest BCUT2D eigenvalue weighted by molar-refractivity contribution is -0.112. The molecule has 0 amide bonds. The van der Waals surface area contributed by atoms with Gasteiger partial charge in [0.25, 0.3) is 0 Å². The van der Waals surface area contributed by atoms with Gasteiger partial charge in [-0.05, 0) is 25.5 Å². The Bertz CT molecular complexity index is 544. The van der Waals surface area contributed by atoms with E-state index in [-0.39, 0.29) is 0 Å². The van der Waals surface area contributed by atoms with Gasteiger partial charge in [-0.1, -0.05) is 6.92 Å². The predicted octanol–water partition coefficient (Wildman–Crippen LogP) is 1.92. The number of ether oxygens (including phenoxy) is 1. The fourth-order valence-corrected chi connectivity index (χ4v) is 1.96. The molecule has 0 N–H and O–H groups in total. The summed E-state index contributed by atoms with van der Waals surface area (Å²) < 4.78 is 5.24. The maximum absolute atomic E-state index is 11.9. The predicted molar refractivity (Wildman–Crippen MR) is 62.5 cm³/mol. The Hall–Kier alpha value is -1.97. The van der Waals surface area contributed by atoms with Crippen molar-refractivity contribution in [3.8, 4) is 0 Å². The first-order valence-corrected chi connectivity index (χ1v) is 5.44. The summed E-state index contributed by atoms with van der Waals surface area (Å²) in [6, 6.07) is 3.34. The summed E-state index contributed by atoms with van der Waals surface area (Å²) in [5, 5.41) is 0. The highest BCUT2D eigenvalue weighted by atomic mass is 16.5. The summed E-state index contributed by atoms with van der Waals surface area (Å²) in [5.41, 5.74) is 2.00. The summed E-state index contributed by atoms with van der Waals surface area (Å²) in [4.78, 5) is 28.0. The minimum absolute atomic E-state index is 0.328. The molecular formula is C13H13NO3. The third kappa shape index (κ3) is 1.65. The minimum atomic E-state index is -0.495. The second-order valence-corrected chi connectivity index (χ2v) is 3.87. The molecule has 0 spiro atoms. The molecule has 0 radical (unpaired) electrons. The lowest BCUT2D eigenvalue weighted by Gasteiger charge is -2.19. The summed E-state index contributed by atoms with van der Waals surface area (Å²) in [5.74, 6) is -0.552. The molecular weight excluding hydrogens is 218 g/mol. The van der Waals surface area contributed by atoms with E-state index in [1.807, 2.05) is 13.8 Å². The molecule has 0 unspecified atom stereocenters. The van der Waals surface area contributed by atoms with Crippen LogP contribution in [0.15, 0.2) is 17.7 Å². The quantitative estimate of drug-likeness (QED) is 0.730. The number of nitrogens with zero attached hydrogens (tertiary/aromatic N) is 1. The third-order valence-corrected chi connectivity index (χ3v) is 2.81. The van der Waals surface area contributed by atoms with E-state index in [1.165, 1.54) is 7.11 Å². The van der Waals surface area contributed by atoms with E-state index in [0.29, 0.717) is 29.0 Å². The molecule has 0 bridgehead atoms. The van der Waals surface area contributed by atoms with Crippen molar-refractivity contribution in [1.29, 1.82) is 0 Å². The molecule has 1 heterocycles. The number of rotatable bonds is 2. The molecule has 4 heteroatoms. The molecule has 0 aliphatic heterocycles. The van der Waals surface area contributed by atoms with Crippen LogP contribution in [0.25, 0.3) is 5.76 Å². The molecule has 2 rings (SSSR count). The second-order valence-electron chi connectivity index (χ2n) is 3.87. The molecule has 17 heavy (non-hydrogen) atoms. The van der Waals surface area contributed by atoms with Crippen molar-refractivity contribution in [2.45, 2.75) is 20.3 Å². The van der Waals surface area contributed by atoms with Crippen molar-refractivity contribution >= 4 is 17.3 Å². The number of Topliss-reactive ketones (excluding diaryl/α,β-unsaturated/α-hetero) is 2. The molecule has 0 atom stereocenters. The van der Waals surface area contributed by atoms with Gasteiger partial charge in [0.05, 0.1) is 12.7 Å². The van der Waals surface area contributed by atoms with E-state index in [9.17, 15) is 9.59 Å². The number of ketones is 2. The van der Waals surface area contributed by atoms with Crippen LogP contribution in [0.1, 0.15) is 35.1 Å². The highest BCUT2D eigenvalue weighted by Crippen LogP contribution is 2.30. The maximum Gasteiger partial charge on any atom is 0.235 e. The smallest absolute Gasteiger partial charge is 0.235 e. The number of aromatic nitrogens is 1. The Morgan fingerprint density at radius 2 is 1.94 bits per heavy atom. The molecule has 4 nitrogen and oxygen atoms in total. The van der Waals surface area contributed by atoms with Crippen molar-refractivity contribution in [3.05, 3.63) is 34.7 Å². The standard InChI is InChI=1S/C13H13NO3/c1-4-8-11(15)12(16)9-6-5-7(2)14-10(9)13(8)17-3/h5-6H,4H2,1-3H3. The van der Waals surface area contributed by atoms with Crippen LogP contribution in [0, 0.1) is 6.92 Å². The van der Waals surface area contributed by atoms with Gasteiger partial charge in [-0.25, -0.2) is 4.98 Å². The fourth-order valence-electron chi connectivity index (χ4n) is 1.96. The number of carbonyl (C=O) groups is 2. The second kappa shape index (κ2) is 4.13. The monoisotopic (exact) mass is 231 g/mol. The van der Waals surface area contributed by atoms with Crippen LogP contribution in [0.2, 0.25) is 0 Å². The van der Waals surface area contributed by atoms with Crippen molar-refractivity contribution in [1.82, 2.24) is 4.98 Å². The third-order valence-electron chi connectivity index (χ3n) is 2.81. The Labute approximate surface area is 99.3 Å². The number of fused-ring (bicyclic) bond motifs is 1. The highest BCUT2D eigenvalue weighted by molar-refractivity contribution is 6.52. The van der Waals surface area contributed by atoms with Crippen LogP contribution in [-0.4, -0.2) is 23.7 Å². The minimum Gasteiger partial charge on any atom is -0.494 e. The summed E-state index contributed by atoms with van der Waals surface area (Å²) >= 11 is 0. The van der Waals surface area contributed by atoms with Crippen LogP contribution >= 0.6 is 0 Å². The summed E-state index contributed by atoms with van der Waals surface area (Å²) in [6.07, 6.45) is 0.461. The first-order chi connectivity index (χ1) is 8.10. The highest BCUT2D eigenvalue weighted by Gasteiger charge is 2.33. The normalized spacial score (nSPS) is 15.0. The zero-order chi connectivity index (χ0) is 12.6. The summed E-state index contributed by atoms with van der Waals surface area (Å²) in [7, 11) is 1.49. The van der Waals surface area contributed by atoms with Crippen molar-refractivity contribution in [2.75, 3.05) is 7.11 Å². The van der Waals surface area contributed by atoms with E-state index >= 15 is 0 Å². The van der Waals surface area contributed by atoms with Crippen LogP contribution in [0.3, 0.4) is 0 Å². The number of carbonyl (C=O) groups excluding carboxylic acids is 2. The first kappa shape index (κ1) is 11.5. The lowest BCUT2D eigenvalue weighted by atomic mass is 9.90. The van der Waals surface area contributed by atoms with Crippen LogP contribution in [0.5, 0.6) is 0 Å². The summed E-state index contributed by atoms with van der Waals surface area (Å²) in [6.45, 7) is 3.65. The number of allylic oxidation sites excluding steroid dienone is 1. The average molecular weight is 231 g/mol. The molecule has 1 aromatic rings. The van der Waals surface area contributed by atoms with Crippen LogP contribution < -0.4 is 0 Å². The van der Waals surface area contributed by atoms with Gasteiger partial charge in [-0.2, -0.15) is 0 Å². The zero-order valence-electron chi connectivity index (χ0n) is 10.0. The molecule has 0 aromatic carbocycles. The van der Waals surface area contributed by atoms with Gasteiger partial charge in [0.2, 0.25) is 11.6 Å². The Balaban J connectivity index is 2.76. The van der Waals surface area contributed by atoms with Gasteiger partial charge < -0.3 is 4.74 Å². The van der Waals surface area contributed by atoms with Crippen molar-refractivity contribution in [3.63, 3.8) is 0 Å². The number of aryl methyl sites for hydroxylation is 1. The Morgan fingerprint density at radius 1 is 1.24 bits per heavy atom. The van der Waals surface area contributed by atoms with Crippen molar-refractivity contribution < 1.29 is 14.3 Å². The number of pyridine rings is 1. The topological polar surface area (TPSA) is 56.3 Å². The molecule has 1 aliphatic carbocycles. The fraction of sp³-hybridized carbons (Fsp3) is 0.308. The zero-order valence-corrected chi connectivity index (χ0v) is 10.0. The van der Waals surface area contributed by atoms with E-state index in [0.717, 1.165) is 5.69 Å². The maximum atomic E-state index is 11.9. The lowest BCUT2D eigenvalue weighted by Crippen LogP contribution is -2.25. The molecule has 0 saturated carbocycles. The van der Waals surface area contributed by atoms with E-state index in [1.54, 1.807) is 12.1 Å². The Kier molecular flexibility index (Phi) is 2.79. The largest absolute Gasteiger partial charge is 0.494 e. The average Bonchev–Trinajstić information content (AvgIpc) is 2.33. The van der Waals surface area contributed by atoms with Crippen LogP contribution in [0.4, 0.5) is 0 Å². The van der Waals surface area contributed by atoms with E-state index < -0.39 is 11.6 Å². The molecule has 1 aliphatic rings. The molecule has 88 valence electrons. The number of methoxy groups -OCH3 is 1. The van der Waals surface area contributed by atoms with Gasteiger partial charge >= 0.3 is 0 Å². The van der Waals surface area contributed by atoms with Gasteiger partial charge in [-0.15, -0.1) is 0 Å². The van der Waals surface area contributed by atoms with E-state index in [4.69, 9.17) is 4.74 Å². The van der Waals surface area contributed by atoms with Crippen LogP contribution in [-0.2, 0) is 9.53 Å². The number of hydrogen-bond donors (Lipinski definition) is 0. The van der Waals surface area contributed by atoms with Gasteiger partial charge in [-0.3, -0.25) is 9.59 Å². The molecule has 0 fully saturated rings. The first-order valence-electron chi connectivity index (χ1n) is 5.44. The molecule has 0 saturated heterocycles. The van der Waals surface area contributed by atoms with E-state index in [2.05, 4.69) is 4.98 Å². The van der Waals surface area contributed by atoms with Gasteiger partial charge in [0, 0.05) is 11.3 Å². The number of hydrogen-bond acceptors (Lipinski definition) is 4. The SMILES string of the molecule is CCC1=C(OC)c2nc(C)ccc2C(=O)C1=O.